The van der Waals surface area contributed by atoms with E-state index in [4.69, 9.17) is 14.8 Å². The zero-order valence-electron chi connectivity index (χ0n) is 9.80. The minimum absolute atomic E-state index is 0. The molecule has 0 spiro atoms. The molecule has 5 heteroatoms. The molecule has 2 rings (SSSR count). The Bertz CT molecular complexity index is 567. The molecule has 2 N–H and O–H groups in total. The van der Waals surface area contributed by atoms with E-state index in [1.54, 1.807) is 37.3 Å². The lowest BCUT2D eigenvalue weighted by molar-refractivity contribution is 0.425. The van der Waals surface area contributed by atoms with Crippen molar-refractivity contribution < 1.29 is 22.0 Å². The fourth-order valence-electron chi connectivity index (χ4n) is 1.67. The zero-order chi connectivity index (χ0) is 13.1. The van der Waals surface area contributed by atoms with Crippen molar-refractivity contribution in [3.8, 4) is 11.5 Å². The van der Waals surface area contributed by atoms with Gasteiger partial charge in [0.2, 0.25) is 0 Å². The lowest BCUT2D eigenvalue weighted by Crippen LogP contribution is -2.31. The molecule has 0 atom stereocenters. The largest absolute Gasteiger partial charge is 0.488 e. The number of aryl methyl sites for hydroxylation is 1. The highest BCUT2D eigenvalue weighted by Gasteiger charge is 2.14. The number of halogens is 1. The summed E-state index contributed by atoms with van der Waals surface area (Å²) in [5.74, 6) is 0.542. The van der Waals surface area contributed by atoms with Gasteiger partial charge < -0.3 is 14.8 Å². The Morgan fingerprint density at radius 3 is 2.44 bits per heavy atom. The highest BCUT2D eigenvalue weighted by Crippen LogP contribution is 2.22. The summed E-state index contributed by atoms with van der Waals surface area (Å²) in [6.07, 6.45) is 0. The van der Waals surface area contributed by atoms with Crippen molar-refractivity contribution in [2.75, 3.05) is 0 Å². The Morgan fingerprint density at radius 2 is 1.83 bits per heavy atom. The molecule has 0 aliphatic carbocycles. The van der Waals surface area contributed by atoms with Gasteiger partial charge in [-0.1, -0.05) is 12.1 Å². The molecule has 3 nitrogen and oxygen atoms in total. The van der Waals surface area contributed by atoms with Gasteiger partial charge in [0, 0.05) is 8.92 Å². The van der Waals surface area contributed by atoms with E-state index < -0.39 is 7.12 Å². The van der Waals surface area contributed by atoms with Crippen LogP contribution < -0.4 is 10.2 Å². The van der Waals surface area contributed by atoms with Gasteiger partial charge in [-0.15, -0.1) is 0 Å². The first-order chi connectivity index (χ1) is 8.56. The third-order valence-corrected chi connectivity index (χ3v) is 2.55. The first-order valence-electron chi connectivity index (χ1n) is 5.46. The summed E-state index contributed by atoms with van der Waals surface area (Å²) in [5, 5.41) is 18.2. The summed E-state index contributed by atoms with van der Waals surface area (Å²) in [6, 6.07) is 10.7. The molecule has 0 unspecified atom stereocenters. The fourth-order valence-corrected chi connectivity index (χ4v) is 1.67. The molecule has 2 aromatic rings. The number of hydrogen-bond donors (Lipinski definition) is 2. The second kappa shape index (κ2) is 5.20. The average molecular weight is 250 g/mol. The van der Waals surface area contributed by atoms with E-state index in [9.17, 15) is 4.39 Å². The van der Waals surface area contributed by atoms with E-state index in [-0.39, 0.29) is 8.67 Å². The smallest absolute Gasteiger partial charge is 0.457 e. The minimum Gasteiger partial charge on any atom is -0.457 e. The molecule has 0 bridgehead atoms. The van der Waals surface area contributed by atoms with Crippen LogP contribution in [0.2, 0.25) is 0 Å². The molecule has 0 aromatic heterocycles. The van der Waals surface area contributed by atoms with Crippen LogP contribution in [0.3, 0.4) is 0 Å². The molecule has 0 saturated heterocycles. The maximum atomic E-state index is 13.0. The van der Waals surface area contributed by atoms with Gasteiger partial charge >= 0.3 is 7.12 Å². The van der Waals surface area contributed by atoms with Crippen LogP contribution >= 0.6 is 0 Å². The number of benzene rings is 2. The monoisotopic (exact) mass is 250 g/mol. The highest BCUT2D eigenvalue weighted by atomic mass is 19.1. The van der Waals surface area contributed by atoms with E-state index >= 15 is 0 Å². The van der Waals surface area contributed by atoms with Gasteiger partial charge in [0.05, 0.1) is 0 Å². The molecule has 0 fully saturated rings. The van der Waals surface area contributed by atoms with Crippen LogP contribution in [0.1, 0.15) is 8.42 Å². The zero-order valence-corrected chi connectivity index (χ0v) is 9.80. The molecule has 0 aliphatic heterocycles. The molecule has 18 heavy (non-hydrogen) atoms. The molecule has 0 saturated carbocycles. The summed E-state index contributed by atoms with van der Waals surface area (Å²) < 4.78 is 18.4. The molecule has 0 heterocycles. The molecule has 0 aliphatic rings. The van der Waals surface area contributed by atoms with E-state index in [2.05, 4.69) is 0 Å². The van der Waals surface area contributed by atoms with Crippen LogP contribution in [-0.4, -0.2) is 17.2 Å². The molecular formula is C13H16BFO3. The van der Waals surface area contributed by atoms with Gasteiger partial charge in [0.25, 0.3) is 0 Å². The van der Waals surface area contributed by atoms with Crippen LogP contribution in [-0.2, 0) is 0 Å². The van der Waals surface area contributed by atoms with Crippen molar-refractivity contribution in [1.29, 1.82) is 0 Å². The summed E-state index contributed by atoms with van der Waals surface area (Å²) in [7, 11) is -1.51. The molecular weight excluding hydrogens is 234 g/mol. The van der Waals surface area contributed by atoms with E-state index in [1.807, 2.05) is 0 Å². The van der Waals surface area contributed by atoms with Crippen molar-refractivity contribution in [1.82, 2.24) is 0 Å². The quantitative estimate of drug-likeness (QED) is 0.820. The maximum Gasteiger partial charge on any atom is 0.488 e. The first kappa shape index (κ1) is 12.6. The minimum atomic E-state index is -1.51. The number of rotatable bonds is 3. The SMILES string of the molecule is Cc1cc(Oc2cccc(F)c2)ccc1B(O)O.[HH].[HH]. The maximum absolute atomic E-state index is 13.0. The van der Waals surface area contributed by atoms with Gasteiger partial charge in [-0.3, -0.25) is 0 Å². The van der Waals surface area contributed by atoms with Gasteiger partial charge in [0.15, 0.2) is 0 Å². The van der Waals surface area contributed by atoms with Gasteiger partial charge in [0.1, 0.15) is 17.3 Å². The lowest BCUT2D eigenvalue weighted by atomic mass is 9.77. The molecule has 96 valence electrons. The van der Waals surface area contributed by atoms with Crippen LogP contribution in [0.5, 0.6) is 11.5 Å². The van der Waals surface area contributed by atoms with E-state index in [0.717, 1.165) is 0 Å². The predicted molar refractivity (Wildman–Crippen MR) is 71.7 cm³/mol. The number of ether oxygens (including phenoxy) is 1. The van der Waals surface area contributed by atoms with E-state index in [1.165, 1.54) is 12.1 Å². The van der Waals surface area contributed by atoms with Gasteiger partial charge in [-0.05, 0) is 42.2 Å². The molecule has 0 amide bonds. The topological polar surface area (TPSA) is 49.7 Å². The Kier molecular flexibility index (Phi) is 3.65. The fraction of sp³-hybridized carbons (Fsp3) is 0.0769. The Labute approximate surface area is 108 Å². The second-order valence-electron chi connectivity index (χ2n) is 3.95. The molecule has 0 radical (unpaired) electrons. The Balaban J connectivity index is 0.00000180. The Hall–Kier alpha value is -1.85. The lowest BCUT2D eigenvalue weighted by Gasteiger charge is -2.09. The third kappa shape index (κ3) is 2.88. The van der Waals surface area contributed by atoms with E-state index in [0.29, 0.717) is 22.5 Å². The standard InChI is InChI=1S/C13H12BFO3.2H2/c1-9-7-12(5-6-13(9)14(16)17)18-11-4-2-3-10(15)8-11;;/h2-8,16-17H,1H3;2*1H. The van der Waals surface area contributed by atoms with Crippen LogP contribution in [0.25, 0.3) is 0 Å². The average Bonchev–Trinajstić information content (AvgIpc) is 2.28. The third-order valence-electron chi connectivity index (χ3n) is 2.55. The second-order valence-corrected chi connectivity index (χ2v) is 3.95. The van der Waals surface area contributed by atoms with Crippen LogP contribution in [0.15, 0.2) is 42.5 Å². The van der Waals surface area contributed by atoms with Crippen LogP contribution in [0, 0.1) is 12.7 Å². The summed E-state index contributed by atoms with van der Waals surface area (Å²) in [6.45, 7) is 1.74. The van der Waals surface area contributed by atoms with Crippen molar-refractivity contribution in [3.05, 3.63) is 53.8 Å². The highest BCUT2D eigenvalue weighted by molar-refractivity contribution is 6.59. The van der Waals surface area contributed by atoms with Crippen LogP contribution in [0.4, 0.5) is 4.39 Å². The van der Waals surface area contributed by atoms with Crippen molar-refractivity contribution in [2.24, 2.45) is 0 Å². The Morgan fingerprint density at radius 1 is 1.11 bits per heavy atom. The van der Waals surface area contributed by atoms with Gasteiger partial charge in [-0.25, -0.2) is 4.39 Å². The summed E-state index contributed by atoms with van der Waals surface area (Å²) >= 11 is 0. The van der Waals surface area contributed by atoms with Gasteiger partial charge in [-0.2, -0.15) is 0 Å². The normalized spacial score (nSPS) is 10.2. The predicted octanol–water partition coefficient (Wildman–Crippen LogP) is 2.10. The first-order valence-corrected chi connectivity index (χ1v) is 5.46. The van der Waals surface area contributed by atoms with Crippen molar-refractivity contribution >= 4 is 12.6 Å². The van der Waals surface area contributed by atoms with Crippen molar-refractivity contribution in [3.63, 3.8) is 0 Å². The number of hydrogen-bond acceptors (Lipinski definition) is 3. The van der Waals surface area contributed by atoms with Crippen molar-refractivity contribution in [2.45, 2.75) is 6.92 Å². The summed E-state index contributed by atoms with van der Waals surface area (Å²) in [5.41, 5.74) is 1.11. The summed E-state index contributed by atoms with van der Waals surface area (Å²) in [4.78, 5) is 0. The molecule has 2 aromatic carbocycles.